The molecule has 0 unspecified atom stereocenters. The van der Waals surface area contributed by atoms with E-state index < -0.39 is 0 Å². The molecule has 2 rings (SSSR count). The molecule has 0 saturated carbocycles. The Kier molecular flexibility index (Phi) is 5.38. The summed E-state index contributed by atoms with van der Waals surface area (Å²) in [5.74, 6) is 5.38. The SMILES string of the molecule is CCCC[C@@H](C(=O)NN)N1c2cc(C)c(C)cc2C(C)=CC1(C)C. The molecule has 1 aliphatic rings. The van der Waals surface area contributed by atoms with Gasteiger partial charge in [-0.15, -0.1) is 0 Å². The molecule has 0 saturated heterocycles. The van der Waals surface area contributed by atoms with E-state index in [-0.39, 0.29) is 17.5 Å². The molecule has 24 heavy (non-hydrogen) atoms. The summed E-state index contributed by atoms with van der Waals surface area (Å²) in [4.78, 5) is 14.8. The van der Waals surface area contributed by atoms with Gasteiger partial charge in [-0.2, -0.15) is 0 Å². The van der Waals surface area contributed by atoms with E-state index in [1.165, 1.54) is 22.3 Å². The van der Waals surface area contributed by atoms with E-state index in [2.05, 4.69) is 70.1 Å². The highest BCUT2D eigenvalue weighted by Gasteiger charge is 2.39. The molecular formula is C20H31N3O. The minimum atomic E-state index is -0.268. The van der Waals surface area contributed by atoms with E-state index in [9.17, 15) is 4.79 Å². The molecule has 1 amide bonds. The number of hydrogen-bond acceptors (Lipinski definition) is 3. The Morgan fingerprint density at radius 2 is 1.88 bits per heavy atom. The molecule has 0 spiro atoms. The fourth-order valence-electron chi connectivity index (χ4n) is 3.74. The molecule has 1 heterocycles. The Balaban J connectivity index is 2.62. The number of amides is 1. The van der Waals surface area contributed by atoms with Crippen LogP contribution in [0.3, 0.4) is 0 Å². The van der Waals surface area contributed by atoms with E-state index in [4.69, 9.17) is 5.84 Å². The Morgan fingerprint density at radius 3 is 2.46 bits per heavy atom. The standard InChI is InChI=1S/C20H31N3O/c1-7-8-9-17(19(24)22-21)23-18-11-14(3)13(2)10-16(18)15(4)12-20(23,5)6/h10-12,17H,7-9,21H2,1-6H3,(H,22,24)/t17-/m0/s1. The monoisotopic (exact) mass is 329 g/mol. The lowest BCUT2D eigenvalue weighted by Gasteiger charge is -2.47. The summed E-state index contributed by atoms with van der Waals surface area (Å²) in [6.07, 6.45) is 5.10. The summed E-state index contributed by atoms with van der Waals surface area (Å²) >= 11 is 0. The van der Waals surface area contributed by atoms with E-state index >= 15 is 0 Å². The molecule has 4 nitrogen and oxygen atoms in total. The van der Waals surface area contributed by atoms with Gasteiger partial charge in [-0.3, -0.25) is 10.2 Å². The summed E-state index contributed by atoms with van der Waals surface area (Å²) in [5.41, 5.74) is 8.25. The van der Waals surface area contributed by atoms with Crippen molar-refractivity contribution in [1.82, 2.24) is 5.43 Å². The number of carbonyl (C=O) groups excluding carboxylic acids is 1. The first-order chi connectivity index (χ1) is 11.2. The molecule has 1 aromatic carbocycles. The number of unbranched alkanes of at least 4 members (excludes halogenated alkanes) is 1. The molecule has 0 radical (unpaired) electrons. The van der Waals surface area contributed by atoms with Gasteiger partial charge in [-0.25, -0.2) is 5.84 Å². The van der Waals surface area contributed by atoms with Crippen molar-refractivity contribution in [1.29, 1.82) is 0 Å². The maximum atomic E-state index is 12.5. The number of anilines is 1. The molecule has 1 aromatic rings. The lowest BCUT2D eigenvalue weighted by molar-refractivity contribution is -0.122. The van der Waals surface area contributed by atoms with Gasteiger partial charge < -0.3 is 4.90 Å². The predicted molar refractivity (Wildman–Crippen MR) is 102 cm³/mol. The smallest absolute Gasteiger partial charge is 0.256 e. The zero-order chi connectivity index (χ0) is 18.1. The van der Waals surface area contributed by atoms with Gasteiger partial charge in [-0.05, 0) is 69.9 Å². The van der Waals surface area contributed by atoms with E-state index in [0.29, 0.717) is 0 Å². The molecule has 0 bridgehead atoms. The van der Waals surface area contributed by atoms with Crippen LogP contribution in [0, 0.1) is 13.8 Å². The molecule has 0 fully saturated rings. The number of fused-ring (bicyclic) bond motifs is 1. The summed E-state index contributed by atoms with van der Waals surface area (Å²) in [7, 11) is 0. The topological polar surface area (TPSA) is 58.4 Å². The number of nitrogens with one attached hydrogen (secondary N) is 1. The summed E-state index contributed by atoms with van der Waals surface area (Å²) in [5, 5.41) is 0. The second-order valence-electron chi connectivity index (χ2n) is 7.47. The Morgan fingerprint density at radius 1 is 1.25 bits per heavy atom. The lowest BCUT2D eigenvalue weighted by atomic mass is 9.85. The molecule has 0 aliphatic carbocycles. The van der Waals surface area contributed by atoms with Crippen molar-refractivity contribution in [2.45, 2.75) is 72.4 Å². The van der Waals surface area contributed by atoms with Crippen molar-refractivity contribution in [2.24, 2.45) is 5.84 Å². The highest BCUT2D eigenvalue weighted by molar-refractivity contribution is 5.90. The van der Waals surface area contributed by atoms with E-state index in [0.717, 1.165) is 24.9 Å². The average Bonchev–Trinajstić information content (AvgIpc) is 2.51. The third kappa shape index (κ3) is 3.34. The Labute approximate surface area is 146 Å². The zero-order valence-electron chi connectivity index (χ0n) is 15.9. The number of hydrogen-bond donors (Lipinski definition) is 2. The minimum absolute atomic E-state index is 0.117. The van der Waals surface area contributed by atoms with Crippen molar-refractivity contribution < 1.29 is 4.79 Å². The van der Waals surface area contributed by atoms with E-state index in [1.807, 2.05) is 0 Å². The van der Waals surface area contributed by atoms with Gasteiger partial charge in [0.05, 0.1) is 5.54 Å². The molecule has 4 heteroatoms. The number of aryl methyl sites for hydroxylation is 2. The van der Waals surface area contributed by atoms with Crippen LogP contribution in [0.5, 0.6) is 0 Å². The average molecular weight is 329 g/mol. The highest BCUT2D eigenvalue weighted by atomic mass is 16.2. The third-order valence-corrected chi connectivity index (χ3v) is 5.07. The number of nitrogens with zero attached hydrogens (tertiary/aromatic N) is 1. The molecule has 0 aromatic heterocycles. The largest absolute Gasteiger partial charge is 0.350 e. The van der Waals surface area contributed by atoms with E-state index in [1.54, 1.807) is 0 Å². The van der Waals surface area contributed by atoms with Crippen molar-refractivity contribution in [3.8, 4) is 0 Å². The number of rotatable bonds is 5. The fraction of sp³-hybridized carbons (Fsp3) is 0.550. The van der Waals surface area contributed by atoms with Crippen LogP contribution < -0.4 is 16.2 Å². The normalized spacial score (nSPS) is 17.1. The van der Waals surface area contributed by atoms with Crippen molar-refractivity contribution in [3.05, 3.63) is 34.9 Å². The number of nitrogens with two attached hydrogens (primary N) is 1. The first kappa shape index (κ1) is 18.5. The fourth-order valence-corrected chi connectivity index (χ4v) is 3.74. The maximum absolute atomic E-state index is 12.5. The summed E-state index contributed by atoms with van der Waals surface area (Å²) in [6.45, 7) is 12.9. The predicted octanol–water partition coefficient (Wildman–Crippen LogP) is 3.85. The van der Waals surface area contributed by atoms with Crippen LogP contribution in [0.1, 0.15) is 63.6 Å². The lowest BCUT2D eigenvalue weighted by Crippen LogP contribution is -2.57. The number of hydrazine groups is 1. The molecule has 1 atom stereocenters. The van der Waals surface area contributed by atoms with Crippen molar-refractivity contribution in [2.75, 3.05) is 4.90 Å². The molecule has 132 valence electrons. The maximum Gasteiger partial charge on any atom is 0.256 e. The highest BCUT2D eigenvalue weighted by Crippen LogP contribution is 2.42. The van der Waals surface area contributed by atoms with Crippen LogP contribution in [-0.4, -0.2) is 17.5 Å². The molecular weight excluding hydrogens is 298 g/mol. The van der Waals surface area contributed by atoms with Gasteiger partial charge >= 0.3 is 0 Å². The van der Waals surface area contributed by atoms with Gasteiger partial charge in [0.1, 0.15) is 6.04 Å². The summed E-state index contributed by atoms with van der Waals surface area (Å²) < 4.78 is 0. The zero-order valence-corrected chi connectivity index (χ0v) is 15.9. The van der Waals surface area contributed by atoms with Crippen LogP contribution in [0.15, 0.2) is 18.2 Å². The van der Waals surface area contributed by atoms with Crippen LogP contribution in [-0.2, 0) is 4.79 Å². The number of allylic oxidation sites excluding steroid dienone is 1. The van der Waals surface area contributed by atoms with Gasteiger partial charge in [0.15, 0.2) is 0 Å². The van der Waals surface area contributed by atoms with Crippen LogP contribution in [0.25, 0.3) is 5.57 Å². The second-order valence-corrected chi connectivity index (χ2v) is 7.47. The Bertz CT molecular complexity index is 661. The van der Waals surface area contributed by atoms with Gasteiger partial charge in [-0.1, -0.05) is 25.8 Å². The van der Waals surface area contributed by atoms with Crippen LogP contribution in [0.2, 0.25) is 0 Å². The van der Waals surface area contributed by atoms with Crippen molar-refractivity contribution in [3.63, 3.8) is 0 Å². The number of benzene rings is 1. The van der Waals surface area contributed by atoms with Gasteiger partial charge in [0.25, 0.3) is 5.91 Å². The molecule has 1 aliphatic heterocycles. The first-order valence-electron chi connectivity index (χ1n) is 8.83. The van der Waals surface area contributed by atoms with Crippen molar-refractivity contribution >= 4 is 17.2 Å². The van der Waals surface area contributed by atoms with Gasteiger partial charge in [0.2, 0.25) is 0 Å². The Hall–Kier alpha value is -1.81. The summed E-state index contributed by atoms with van der Waals surface area (Å²) in [6, 6.07) is 4.18. The van der Waals surface area contributed by atoms with Gasteiger partial charge in [0, 0.05) is 11.3 Å². The second kappa shape index (κ2) is 6.98. The quantitative estimate of drug-likeness (QED) is 0.490. The van der Waals surface area contributed by atoms with Crippen LogP contribution >= 0.6 is 0 Å². The molecule has 3 N–H and O–H groups in total. The minimum Gasteiger partial charge on any atom is -0.350 e. The number of carbonyl (C=O) groups is 1. The first-order valence-corrected chi connectivity index (χ1v) is 8.83. The van der Waals surface area contributed by atoms with Crippen LogP contribution in [0.4, 0.5) is 5.69 Å². The third-order valence-electron chi connectivity index (χ3n) is 5.07.